The van der Waals surface area contributed by atoms with Gasteiger partial charge in [0.25, 0.3) is 5.69 Å². The third-order valence-corrected chi connectivity index (χ3v) is 3.66. The standard InChI is InChI=1S/C14H9BrFN3O2/c1-8-2-4-10(6-12(8)19(20)21)18-11-5-3-9(7-17)13(15)14(11)16/h2-6,18H,1H3. The van der Waals surface area contributed by atoms with Crippen molar-refractivity contribution >= 4 is 33.0 Å². The molecule has 2 aromatic carbocycles. The number of nitro benzene ring substituents is 1. The molecular weight excluding hydrogens is 341 g/mol. The number of rotatable bonds is 3. The van der Waals surface area contributed by atoms with E-state index in [0.29, 0.717) is 11.3 Å². The normalized spacial score (nSPS) is 10.0. The minimum absolute atomic E-state index is 0.0480. The highest BCUT2D eigenvalue weighted by Crippen LogP contribution is 2.30. The zero-order chi connectivity index (χ0) is 15.6. The molecule has 1 N–H and O–H groups in total. The SMILES string of the molecule is Cc1ccc(Nc2ccc(C#N)c(Br)c2F)cc1[N+](=O)[O-]. The fraction of sp³-hybridized carbons (Fsp3) is 0.0714. The molecule has 0 heterocycles. The third-order valence-electron chi connectivity index (χ3n) is 2.89. The Morgan fingerprint density at radius 3 is 2.71 bits per heavy atom. The average molecular weight is 350 g/mol. The Labute approximate surface area is 128 Å². The molecule has 0 atom stereocenters. The number of anilines is 2. The summed E-state index contributed by atoms with van der Waals surface area (Å²) in [5.41, 5.74) is 1.16. The van der Waals surface area contributed by atoms with Crippen molar-refractivity contribution in [3.63, 3.8) is 0 Å². The van der Waals surface area contributed by atoms with Crippen LogP contribution in [0, 0.1) is 34.2 Å². The van der Waals surface area contributed by atoms with Gasteiger partial charge in [-0.2, -0.15) is 5.26 Å². The second-order valence-electron chi connectivity index (χ2n) is 4.28. The Morgan fingerprint density at radius 1 is 1.38 bits per heavy atom. The van der Waals surface area contributed by atoms with E-state index in [2.05, 4.69) is 21.2 Å². The van der Waals surface area contributed by atoms with Gasteiger partial charge in [-0.15, -0.1) is 0 Å². The minimum atomic E-state index is -0.628. The fourth-order valence-electron chi connectivity index (χ4n) is 1.77. The van der Waals surface area contributed by atoms with Crippen LogP contribution in [0.4, 0.5) is 21.5 Å². The van der Waals surface area contributed by atoms with Crippen LogP contribution in [0.15, 0.2) is 34.8 Å². The second-order valence-corrected chi connectivity index (χ2v) is 5.08. The lowest BCUT2D eigenvalue weighted by Gasteiger charge is -2.10. The maximum atomic E-state index is 14.1. The van der Waals surface area contributed by atoms with Gasteiger partial charge < -0.3 is 5.32 Å². The van der Waals surface area contributed by atoms with Crippen molar-refractivity contribution in [3.05, 3.63) is 61.9 Å². The first-order valence-corrected chi connectivity index (χ1v) is 6.63. The highest BCUT2D eigenvalue weighted by molar-refractivity contribution is 9.10. The molecule has 0 aliphatic carbocycles. The molecule has 0 fully saturated rings. The van der Waals surface area contributed by atoms with E-state index in [9.17, 15) is 14.5 Å². The molecule has 0 aromatic heterocycles. The van der Waals surface area contributed by atoms with Crippen LogP contribution in [0.3, 0.4) is 0 Å². The number of hydrogen-bond acceptors (Lipinski definition) is 4. The van der Waals surface area contributed by atoms with E-state index < -0.39 is 10.7 Å². The molecule has 0 aliphatic heterocycles. The first-order valence-electron chi connectivity index (χ1n) is 5.84. The smallest absolute Gasteiger partial charge is 0.274 e. The van der Waals surface area contributed by atoms with Crippen molar-refractivity contribution in [2.24, 2.45) is 0 Å². The molecule has 0 amide bonds. The fourth-order valence-corrected chi connectivity index (χ4v) is 2.21. The summed E-state index contributed by atoms with van der Waals surface area (Å²) in [5.74, 6) is -0.628. The average Bonchev–Trinajstić information content (AvgIpc) is 2.46. The first-order chi connectivity index (χ1) is 9.93. The van der Waals surface area contributed by atoms with Crippen molar-refractivity contribution in [2.75, 3.05) is 5.32 Å². The summed E-state index contributed by atoms with van der Waals surface area (Å²) in [7, 11) is 0. The zero-order valence-corrected chi connectivity index (χ0v) is 12.4. The van der Waals surface area contributed by atoms with E-state index in [1.807, 2.05) is 6.07 Å². The van der Waals surface area contributed by atoms with E-state index in [1.54, 1.807) is 19.1 Å². The number of hydrogen-bond donors (Lipinski definition) is 1. The van der Waals surface area contributed by atoms with Crippen molar-refractivity contribution in [1.29, 1.82) is 5.26 Å². The number of nitro groups is 1. The number of nitrogens with one attached hydrogen (secondary N) is 1. The second kappa shape index (κ2) is 5.89. The molecule has 2 rings (SSSR count). The summed E-state index contributed by atoms with van der Waals surface area (Å²) >= 11 is 3.01. The predicted molar refractivity (Wildman–Crippen MR) is 79.9 cm³/mol. The molecule has 0 bridgehead atoms. The highest BCUT2D eigenvalue weighted by atomic mass is 79.9. The van der Waals surface area contributed by atoms with Gasteiger partial charge in [0.1, 0.15) is 6.07 Å². The summed E-state index contributed by atoms with van der Waals surface area (Å²) < 4.78 is 14.1. The molecule has 0 saturated heterocycles. The van der Waals surface area contributed by atoms with E-state index in [4.69, 9.17) is 5.26 Å². The van der Waals surface area contributed by atoms with Crippen LogP contribution in [0.25, 0.3) is 0 Å². The van der Waals surface area contributed by atoms with Crippen molar-refractivity contribution in [1.82, 2.24) is 0 Å². The van der Waals surface area contributed by atoms with Crippen LogP contribution in [0.1, 0.15) is 11.1 Å². The maximum absolute atomic E-state index is 14.1. The lowest BCUT2D eigenvalue weighted by molar-refractivity contribution is -0.385. The molecule has 2 aromatic rings. The summed E-state index contributed by atoms with van der Waals surface area (Å²) in [5, 5.41) is 22.5. The van der Waals surface area contributed by atoms with Crippen LogP contribution < -0.4 is 5.32 Å². The van der Waals surface area contributed by atoms with Gasteiger partial charge in [0.05, 0.1) is 20.6 Å². The van der Waals surface area contributed by atoms with Crippen LogP contribution in [0.5, 0.6) is 0 Å². The zero-order valence-electron chi connectivity index (χ0n) is 10.9. The van der Waals surface area contributed by atoms with Crippen molar-refractivity contribution < 1.29 is 9.31 Å². The molecule has 21 heavy (non-hydrogen) atoms. The van der Waals surface area contributed by atoms with Crippen molar-refractivity contribution in [2.45, 2.75) is 6.92 Å². The van der Waals surface area contributed by atoms with Gasteiger partial charge in [-0.3, -0.25) is 10.1 Å². The number of benzene rings is 2. The van der Waals surface area contributed by atoms with Crippen LogP contribution >= 0.6 is 15.9 Å². The van der Waals surface area contributed by atoms with Gasteiger partial charge in [0.15, 0.2) is 5.82 Å². The van der Waals surface area contributed by atoms with Crippen LogP contribution in [-0.2, 0) is 0 Å². The van der Waals surface area contributed by atoms with Gasteiger partial charge in [0, 0.05) is 17.3 Å². The van der Waals surface area contributed by atoms with Gasteiger partial charge >= 0.3 is 0 Å². The molecule has 0 radical (unpaired) electrons. The quantitative estimate of drug-likeness (QED) is 0.656. The summed E-state index contributed by atoms with van der Waals surface area (Å²) in [6.45, 7) is 1.63. The molecule has 106 valence electrons. The van der Waals surface area contributed by atoms with Crippen LogP contribution in [0.2, 0.25) is 0 Å². The van der Waals surface area contributed by atoms with E-state index in [-0.39, 0.29) is 21.4 Å². The molecule has 5 nitrogen and oxygen atoms in total. The lowest BCUT2D eigenvalue weighted by Crippen LogP contribution is -1.98. The minimum Gasteiger partial charge on any atom is -0.353 e. The number of halogens is 2. The summed E-state index contributed by atoms with van der Waals surface area (Å²) in [6, 6.07) is 9.25. The first kappa shape index (κ1) is 14.9. The largest absolute Gasteiger partial charge is 0.353 e. The number of nitriles is 1. The highest BCUT2D eigenvalue weighted by Gasteiger charge is 2.14. The maximum Gasteiger partial charge on any atom is 0.274 e. The Kier molecular flexibility index (Phi) is 4.19. The number of nitrogens with zero attached hydrogens (tertiary/aromatic N) is 2. The molecule has 0 unspecified atom stereocenters. The van der Waals surface area contributed by atoms with E-state index >= 15 is 0 Å². The molecule has 0 spiro atoms. The monoisotopic (exact) mass is 349 g/mol. The molecular formula is C14H9BrFN3O2. The van der Waals surface area contributed by atoms with E-state index in [1.165, 1.54) is 18.2 Å². The Morgan fingerprint density at radius 2 is 2.10 bits per heavy atom. The third kappa shape index (κ3) is 3.01. The predicted octanol–water partition coefficient (Wildman–Crippen LogP) is 4.42. The van der Waals surface area contributed by atoms with E-state index in [0.717, 1.165) is 0 Å². The Balaban J connectivity index is 2.40. The topological polar surface area (TPSA) is 79.0 Å². The summed E-state index contributed by atoms with van der Waals surface area (Å²) in [4.78, 5) is 10.4. The van der Waals surface area contributed by atoms with Gasteiger partial charge in [-0.1, -0.05) is 6.07 Å². The number of aryl methyl sites for hydroxylation is 1. The van der Waals surface area contributed by atoms with Crippen LogP contribution in [-0.4, -0.2) is 4.92 Å². The Bertz CT molecular complexity index is 772. The molecule has 0 saturated carbocycles. The molecule has 0 aliphatic rings. The molecule has 7 heteroatoms. The van der Waals surface area contributed by atoms with Crippen molar-refractivity contribution in [3.8, 4) is 6.07 Å². The summed E-state index contributed by atoms with van der Waals surface area (Å²) in [6.07, 6.45) is 0. The van der Waals surface area contributed by atoms with Gasteiger partial charge in [-0.05, 0) is 41.1 Å². The lowest BCUT2D eigenvalue weighted by atomic mass is 10.1. The van der Waals surface area contributed by atoms with Gasteiger partial charge in [0.2, 0.25) is 0 Å². The van der Waals surface area contributed by atoms with Gasteiger partial charge in [-0.25, -0.2) is 4.39 Å². The Hall–Kier alpha value is -2.46.